The molecule has 15 heavy (non-hydrogen) atoms. The Morgan fingerprint density at radius 1 is 1.47 bits per heavy atom. The summed E-state index contributed by atoms with van der Waals surface area (Å²) >= 11 is 0. The van der Waals surface area contributed by atoms with Gasteiger partial charge in [-0.25, -0.2) is 0 Å². The van der Waals surface area contributed by atoms with Gasteiger partial charge in [0.15, 0.2) is 0 Å². The van der Waals surface area contributed by atoms with Crippen LogP contribution in [-0.2, 0) is 14.3 Å². The maximum Gasteiger partial charge on any atom is 0.264 e. The highest BCUT2D eigenvalue weighted by molar-refractivity contribution is 7.85. The van der Waals surface area contributed by atoms with E-state index < -0.39 is 10.1 Å². The number of anilines is 1. The second kappa shape index (κ2) is 3.83. The van der Waals surface area contributed by atoms with E-state index in [0.717, 1.165) is 24.1 Å². The highest BCUT2D eigenvalue weighted by Gasteiger charge is 2.22. The molecule has 0 amide bonds. The minimum atomic E-state index is -3.34. The molecule has 0 spiro atoms. The third kappa shape index (κ3) is 2.49. The largest absolute Gasteiger partial charge is 0.384 e. The van der Waals surface area contributed by atoms with E-state index in [1.54, 1.807) is 0 Å². The van der Waals surface area contributed by atoms with Crippen molar-refractivity contribution in [1.82, 2.24) is 0 Å². The monoisotopic (exact) mass is 227 g/mol. The van der Waals surface area contributed by atoms with Crippen LogP contribution in [-0.4, -0.2) is 27.8 Å². The zero-order chi connectivity index (χ0) is 10.9. The SMILES string of the molecule is CS(=O)(=O)OCC1CNc2ccccc21. The Morgan fingerprint density at radius 2 is 2.20 bits per heavy atom. The van der Waals surface area contributed by atoms with Crippen molar-refractivity contribution < 1.29 is 12.6 Å². The normalized spacial score (nSPS) is 19.7. The van der Waals surface area contributed by atoms with Crippen molar-refractivity contribution in [3.63, 3.8) is 0 Å². The molecule has 1 aliphatic rings. The van der Waals surface area contributed by atoms with Gasteiger partial charge in [-0.05, 0) is 11.6 Å². The quantitative estimate of drug-likeness (QED) is 0.788. The Balaban J connectivity index is 2.08. The minimum absolute atomic E-state index is 0.121. The highest BCUT2D eigenvalue weighted by Crippen LogP contribution is 2.31. The van der Waals surface area contributed by atoms with Gasteiger partial charge in [0.25, 0.3) is 10.1 Å². The van der Waals surface area contributed by atoms with Gasteiger partial charge in [0, 0.05) is 18.2 Å². The molecule has 0 fully saturated rings. The van der Waals surface area contributed by atoms with Crippen LogP contribution >= 0.6 is 0 Å². The fraction of sp³-hybridized carbons (Fsp3) is 0.400. The van der Waals surface area contributed by atoms with E-state index in [1.807, 2.05) is 24.3 Å². The second-order valence-corrected chi connectivity index (χ2v) is 5.30. The molecule has 1 unspecified atom stereocenters. The predicted molar refractivity (Wildman–Crippen MR) is 58.5 cm³/mol. The number of para-hydroxylation sites is 1. The number of hydrogen-bond donors (Lipinski definition) is 1. The topological polar surface area (TPSA) is 55.4 Å². The summed E-state index contributed by atoms with van der Waals surface area (Å²) in [5.41, 5.74) is 2.20. The molecule has 1 N–H and O–H groups in total. The lowest BCUT2D eigenvalue weighted by molar-refractivity contribution is 0.301. The Hall–Kier alpha value is -1.07. The first kappa shape index (κ1) is 10.4. The maximum atomic E-state index is 10.9. The van der Waals surface area contributed by atoms with Crippen LogP contribution in [0, 0.1) is 0 Å². The maximum absolute atomic E-state index is 10.9. The smallest absolute Gasteiger partial charge is 0.264 e. The van der Waals surface area contributed by atoms with E-state index in [2.05, 4.69) is 5.32 Å². The summed E-state index contributed by atoms with van der Waals surface area (Å²) in [5, 5.41) is 3.21. The lowest BCUT2D eigenvalue weighted by Crippen LogP contribution is -2.13. The van der Waals surface area contributed by atoms with Crippen molar-refractivity contribution in [1.29, 1.82) is 0 Å². The van der Waals surface area contributed by atoms with E-state index in [1.165, 1.54) is 0 Å². The van der Waals surface area contributed by atoms with Gasteiger partial charge in [0.1, 0.15) is 0 Å². The van der Waals surface area contributed by atoms with E-state index in [-0.39, 0.29) is 12.5 Å². The van der Waals surface area contributed by atoms with Gasteiger partial charge < -0.3 is 5.32 Å². The summed E-state index contributed by atoms with van der Waals surface area (Å²) in [4.78, 5) is 0. The van der Waals surface area contributed by atoms with Gasteiger partial charge in [-0.2, -0.15) is 8.42 Å². The molecule has 0 aromatic heterocycles. The summed E-state index contributed by atoms with van der Waals surface area (Å²) in [5.74, 6) is 0.121. The molecule has 0 radical (unpaired) electrons. The molecule has 1 atom stereocenters. The van der Waals surface area contributed by atoms with Crippen LogP contribution < -0.4 is 5.32 Å². The molecule has 1 aromatic rings. The van der Waals surface area contributed by atoms with E-state index in [9.17, 15) is 8.42 Å². The van der Waals surface area contributed by atoms with Gasteiger partial charge in [0.05, 0.1) is 12.9 Å². The van der Waals surface area contributed by atoms with Gasteiger partial charge >= 0.3 is 0 Å². The van der Waals surface area contributed by atoms with Crippen LogP contribution in [0.1, 0.15) is 11.5 Å². The van der Waals surface area contributed by atoms with Gasteiger partial charge in [-0.3, -0.25) is 4.18 Å². The fourth-order valence-electron chi connectivity index (χ4n) is 1.71. The van der Waals surface area contributed by atoms with Gasteiger partial charge in [-0.15, -0.1) is 0 Å². The standard InChI is InChI=1S/C10H13NO3S/c1-15(12,13)14-7-8-6-11-10-5-3-2-4-9(8)10/h2-5,8,11H,6-7H2,1H3. The van der Waals surface area contributed by atoms with Gasteiger partial charge in [0.2, 0.25) is 0 Å². The summed E-state index contributed by atoms with van der Waals surface area (Å²) in [6, 6.07) is 7.87. The number of rotatable bonds is 3. The first-order valence-corrected chi connectivity index (χ1v) is 6.55. The molecular weight excluding hydrogens is 214 g/mol. The molecule has 1 aromatic carbocycles. The lowest BCUT2D eigenvalue weighted by Gasteiger charge is -2.08. The van der Waals surface area contributed by atoms with Crippen LogP contribution in [0.4, 0.5) is 5.69 Å². The van der Waals surface area contributed by atoms with Crippen molar-refractivity contribution in [2.24, 2.45) is 0 Å². The summed E-state index contributed by atoms with van der Waals surface area (Å²) < 4.78 is 26.5. The number of fused-ring (bicyclic) bond motifs is 1. The highest BCUT2D eigenvalue weighted by atomic mass is 32.2. The molecule has 5 heteroatoms. The Labute approximate surface area is 89.4 Å². The minimum Gasteiger partial charge on any atom is -0.384 e. The molecular formula is C10H13NO3S. The molecule has 1 heterocycles. The lowest BCUT2D eigenvalue weighted by atomic mass is 10.0. The molecule has 1 aliphatic heterocycles. The van der Waals surface area contributed by atoms with E-state index in [0.29, 0.717) is 0 Å². The Morgan fingerprint density at radius 3 is 2.93 bits per heavy atom. The molecule has 0 bridgehead atoms. The van der Waals surface area contributed by atoms with Crippen LogP contribution in [0.25, 0.3) is 0 Å². The third-order valence-corrected chi connectivity index (χ3v) is 2.99. The van der Waals surface area contributed by atoms with E-state index >= 15 is 0 Å². The molecule has 4 nitrogen and oxygen atoms in total. The molecule has 0 aliphatic carbocycles. The van der Waals surface area contributed by atoms with Crippen molar-refractivity contribution >= 4 is 15.8 Å². The van der Waals surface area contributed by atoms with Crippen LogP contribution in [0.2, 0.25) is 0 Å². The van der Waals surface area contributed by atoms with Crippen LogP contribution in [0.3, 0.4) is 0 Å². The van der Waals surface area contributed by atoms with Crippen molar-refractivity contribution in [2.75, 3.05) is 24.7 Å². The average Bonchev–Trinajstić information content (AvgIpc) is 2.57. The van der Waals surface area contributed by atoms with Crippen molar-refractivity contribution in [3.8, 4) is 0 Å². The average molecular weight is 227 g/mol. The molecule has 0 saturated heterocycles. The summed E-state index contributed by atoms with van der Waals surface area (Å²) in [6.07, 6.45) is 1.07. The number of benzene rings is 1. The first-order valence-electron chi connectivity index (χ1n) is 4.73. The van der Waals surface area contributed by atoms with Crippen molar-refractivity contribution in [3.05, 3.63) is 29.8 Å². The van der Waals surface area contributed by atoms with Crippen molar-refractivity contribution in [2.45, 2.75) is 5.92 Å². The zero-order valence-electron chi connectivity index (χ0n) is 8.43. The van der Waals surface area contributed by atoms with Crippen LogP contribution in [0.5, 0.6) is 0 Å². The molecule has 2 rings (SSSR count). The second-order valence-electron chi connectivity index (χ2n) is 3.65. The summed E-state index contributed by atoms with van der Waals surface area (Å²) in [6.45, 7) is 0.942. The fourth-order valence-corrected chi connectivity index (χ4v) is 2.12. The Bertz CT molecular complexity index is 455. The zero-order valence-corrected chi connectivity index (χ0v) is 9.25. The van der Waals surface area contributed by atoms with E-state index in [4.69, 9.17) is 4.18 Å². The molecule has 0 saturated carbocycles. The number of nitrogens with one attached hydrogen (secondary N) is 1. The Kier molecular flexibility index (Phi) is 2.67. The first-order chi connectivity index (χ1) is 7.06. The summed E-state index contributed by atoms with van der Waals surface area (Å²) in [7, 11) is -3.34. The van der Waals surface area contributed by atoms with Crippen LogP contribution in [0.15, 0.2) is 24.3 Å². The third-order valence-electron chi connectivity index (χ3n) is 2.42. The number of hydrogen-bond acceptors (Lipinski definition) is 4. The predicted octanol–water partition coefficient (Wildman–Crippen LogP) is 1.17. The van der Waals surface area contributed by atoms with Gasteiger partial charge in [-0.1, -0.05) is 18.2 Å². The molecule has 82 valence electrons.